The van der Waals surface area contributed by atoms with Crippen LogP contribution in [0, 0.1) is 0 Å². The summed E-state index contributed by atoms with van der Waals surface area (Å²) in [4.78, 5) is 10.0. The van der Waals surface area contributed by atoms with Crippen molar-refractivity contribution in [1.82, 2.24) is 9.97 Å². The van der Waals surface area contributed by atoms with Crippen LogP contribution in [-0.4, -0.2) is 9.97 Å². The van der Waals surface area contributed by atoms with E-state index in [9.17, 15) is 0 Å². The molecule has 2 aromatic heterocycles. The molecule has 0 fully saturated rings. The van der Waals surface area contributed by atoms with Gasteiger partial charge in [-0.2, -0.15) is 0 Å². The highest BCUT2D eigenvalue weighted by atomic mass is 16.3. The predicted octanol–water partition coefficient (Wildman–Crippen LogP) is 12.5. The van der Waals surface area contributed by atoms with Gasteiger partial charge in [0.15, 0.2) is 0 Å². The molecule has 0 saturated heterocycles. The quantitative estimate of drug-likeness (QED) is 0.196. The van der Waals surface area contributed by atoms with E-state index in [2.05, 4.69) is 158 Å². The maximum atomic E-state index is 6.22. The van der Waals surface area contributed by atoms with Crippen molar-refractivity contribution in [3.05, 3.63) is 170 Å². The maximum Gasteiger partial charge on any atom is 0.246 e. The van der Waals surface area contributed by atoms with Gasteiger partial charge in [-0.25, -0.2) is 9.97 Å². The Morgan fingerprint density at radius 3 is 1.86 bits per heavy atom. The second kappa shape index (κ2) is 11.0. The normalized spacial score (nSPS) is 11.7. The Labute approximate surface area is 282 Å². The molecule has 8 aromatic carbocycles. The van der Waals surface area contributed by atoms with Crippen LogP contribution in [0.25, 0.3) is 99.3 Å². The van der Waals surface area contributed by atoms with E-state index in [0.717, 1.165) is 49.8 Å². The molecule has 0 radical (unpaired) electrons. The third-order valence-corrected chi connectivity index (χ3v) is 9.67. The molecule has 0 unspecified atom stereocenters. The van der Waals surface area contributed by atoms with Crippen molar-refractivity contribution in [3.8, 4) is 44.5 Å². The smallest absolute Gasteiger partial charge is 0.246 e. The van der Waals surface area contributed by atoms with Crippen LogP contribution >= 0.6 is 0 Å². The Hall–Kier alpha value is -6.58. The van der Waals surface area contributed by atoms with Crippen LogP contribution in [0.2, 0.25) is 0 Å². The molecule has 0 aliphatic carbocycles. The van der Waals surface area contributed by atoms with Gasteiger partial charge in [-0.05, 0) is 102 Å². The number of fused-ring (bicyclic) bond motifs is 6. The lowest BCUT2D eigenvalue weighted by Gasteiger charge is -2.09. The largest absolute Gasteiger partial charge is 0.436 e. The Morgan fingerprint density at radius 2 is 0.980 bits per heavy atom. The van der Waals surface area contributed by atoms with E-state index in [-0.39, 0.29) is 0 Å². The van der Waals surface area contributed by atoms with E-state index in [1.54, 1.807) is 0 Å². The maximum absolute atomic E-state index is 6.22. The Kier molecular flexibility index (Phi) is 6.18. The van der Waals surface area contributed by atoms with E-state index < -0.39 is 0 Å². The molecule has 0 saturated carbocycles. The summed E-state index contributed by atoms with van der Waals surface area (Å²) in [5.74, 6) is 0. The average Bonchev–Trinajstić information content (AvgIpc) is 3.53. The summed E-state index contributed by atoms with van der Waals surface area (Å²) < 4.78 is 6.22. The molecular weight excluding hydrogens is 597 g/mol. The molecule has 228 valence electrons. The van der Waals surface area contributed by atoms with Gasteiger partial charge in [0.2, 0.25) is 5.71 Å². The summed E-state index contributed by atoms with van der Waals surface area (Å²) in [6, 6.07) is 60.2. The highest BCUT2D eigenvalue weighted by molar-refractivity contribution is 6.05. The first-order valence-electron chi connectivity index (χ1n) is 16.6. The van der Waals surface area contributed by atoms with Crippen LogP contribution in [0.4, 0.5) is 0 Å². The van der Waals surface area contributed by atoms with Crippen molar-refractivity contribution in [2.24, 2.45) is 0 Å². The zero-order chi connectivity index (χ0) is 32.3. The Balaban J connectivity index is 1.01. The van der Waals surface area contributed by atoms with Gasteiger partial charge in [-0.15, -0.1) is 0 Å². The second-order valence-electron chi connectivity index (χ2n) is 12.6. The molecule has 10 rings (SSSR count). The van der Waals surface area contributed by atoms with E-state index in [1.165, 1.54) is 43.8 Å². The zero-order valence-corrected chi connectivity index (χ0v) is 26.5. The summed E-state index contributed by atoms with van der Waals surface area (Å²) in [6.07, 6.45) is 0. The second-order valence-corrected chi connectivity index (χ2v) is 12.6. The van der Waals surface area contributed by atoms with Gasteiger partial charge in [-0.1, -0.05) is 133 Å². The van der Waals surface area contributed by atoms with Gasteiger partial charge in [0.25, 0.3) is 0 Å². The minimum atomic E-state index is 0.552. The lowest BCUT2D eigenvalue weighted by molar-refractivity contribution is 0.655. The molecule has 0 atom stereocenters. The van der Waals surface area contributed by atoms with Crippen molar-refractivity contribution in [2.45, 2.75) is 0 Å². The fourth-order valence-electron chi connectivity index (χ4n) is 7.12. The highest BCUT2D eigenvalue weighted by Gasteiger charge is 2.14. The molecule has 3 nitrogen and oxygen atoms in total. The standard InChI is InChI=1S/C46H28N2O/c1-2-9-33-25-35(20-19-29(33)7-1)30-15-17-31(18-16-30)37-21-23-42-43(28-37)47-45-41-27-36(22-24-44(41)49-46(45)48-42)34-11-5-12-38(26-34)40-14-6-10-32-8-3-4-13-39(32)40/h1-28H. The summed E-state index contributed by atoms with van der Waals surface area (Å²) in [5.41, 5.74) is 13.1. The summed E-state index contributed by atoms with van der Waals surface area (Å²) >= 11 is 0. The van der Waals surface area contributed by atoms with Gasteiger partial charge in [0, 0.05) is 5.39 Å². The lowest BCUT2D eigenvalue weighted by Crippen LogP contribution is -1.87. The van der Waals surface area contributed by atoms with Crippen molar-refractivity contribution >= 4 is 54.8 Å². The molecule has 0 spiro atoms. The SMILES string of the molecule is c1cc(-c2ccc3oc4nc5ccc(-c6ccc(-c7ccc8ccccc8c7)cc6)cc5nc4c3c2)cc(-c2cccc3ccccc23)c1. The first-order chi connectivity index (χ1) is 24.2. The topological polar surface area (TPSA) is 38.9 Å². The summed E-state index contributed by atoms with van der Waals surface area (Å²) in [6.45, 7) is 0. The first kappa shape index (κ1) is 27.5. The van der Waals surface area contributed by atoms with Crippen LogP contribution in [-0.2, 0) is 0 Å². The number of hydrogen-bond donors (Lipinski definition) is 0. The highest BCUT2D eigenvalue weighted by Crippen LogP contribution is 2.36. The Bertz CT molecular complexity index is 2880. The fraction of sp³-hybridized carbons (Fsp3) is 0. The number of rotatable bonds is 4. The minimum Gasteiger partial charge on any atom is -0.436 e. The van der Waals surface area contributed by atoms with E-state index in [1.807, 2.05) is 12.1 Å². The minimum absolute atomic E-state index is 0.552. The number of nitrogens with zero attached hydrogens (tertiary/aromatic N) is 2. The fourth-order valence-corrected chi connectivity index (χ4v) is 7.12. The molecule has 0 aliphatic heterocycles. The Morgan fingerprint density at radius 1 is 0.347 bits per heavy atom. The van der Waals surface area contributed by atoms with Crippen molar-refractivity contribution in [1.29, 1.82) is 0 Å². The van der Waals surface area contributed by atoms with Crippen LogP contribution in [0.1, 0.15) is 0 Å². The van der Waals surface area contributed by atoms with Gasteiger partial charge >= 0.3 is 0 Å². The molecule has 0 N–H and O–H groups in total. The molecule has 3 heteroatoms. The number of benzene rings is 8. The van der Waals surface area contributed by atoms with Gasteiger partial charge in [0.05, 0.1) is 11.0 Å². The zero-order valence-electron chi connectivity index (χ0n) is 26.5. The third-order valence-electron chi connectivity index (χ3n) is 9.67. The molecule has 0 amide bonds. The van der Waals surface area contributed by atoms with E-state index in [4.69, 9.17) is 14.4 Å². The van der Waals surface area contributed by atoms with Crippen molar-refractivity contribution < 1.29 is 4.42 Å². The molecule has 0 bridgehead atoms. The van der Waals surface area contributed by atoms with E-state index >= 15 is 0 Å². The lowest BCUT2D eigenvalue weighted by atomic mass is 9.95. The van der Waals surface area contributed by atoms with Crippen molar-refractivity contribution in [2.75, 3.05) is 0 Å². The van der Waals surface area contributed by atoms with Gasteiger partial charge in [0.1, 0.15) is 11.1 Å². The monoisotopic (exact) mass is 624 g/mol. The van der Waals surface area contributed by atoms with E-state index in [0.29, 0.717) is 5.71 Å². The first-order valence-corrected chi connectivity index (χ1v) is 16.6. The molecule has 2 heterocycles. The molecule has 0 aliphatic rings. The third kappa shape index (κ3) is 4.75. The van der Waals surface area contributed by atoms with Crippen LogP contribution < -0.4 is 0 Å². The number of furan rings is 1. The van der Waals surface area contributed by atoms with Crippen molar-refractivity contribution in [3.63, 3.8) is 0 Å². The molecule has 10 aromatic rings. The summed E-state index contributed by atoms with van der Waals surface area (Å²) in [7, 11) is 0. The number of aromatic nitrogens is 2. The van der Waals surface area contributed by atoms with Gasteiger partial charge in [-0.3, -0.25) is 0 Å². The predicted molar refractivity (Wildman–Crippen MR) is 204 cm³/mol. The molecular formula is C46H28N2O. The molecule has 49 heavy (non-hydrogen) atoms. The number of hydrogen-bond acceptors (Lipinski definition) is 3. The van der Waals surface area contributed by atoms with Gasteiger partial charge < -0.3 is 4.42 Å². The van der Waals surface area contributed by atoms with Crippen LogP contribution in [0.15, 0.2) is 174 Å². The van der Waals surface area contributed by atoms with Crippen LogP contribution in [0.5, 0.6) is 0 Å². The summed E-state index contributed by atoms with van der Waals surface area (Å²) in [5, 5.41) is 5.95. The van der Waals surface area contributed by atoms with Crippen LogP contribution in [0.3, 0.4) is 0 Å². The average molecular weight is 625 g/mol.